The van der Waals surface area contributed by atoms with E-state index in [9.17, 15) is 18.3 Å². The quantitative estimate of drug-likeness (QED) is 0.734. The number of hydrazine groups is 1. The van der Waals surface area contributed by atoms with E-state index >= 15 is 0 Å². The molecule has 3 N–H and O–H groups in total. The van der Waals surface area contributed by atoms with E-state index in [-0.39, 0.29) is 27.5 Å². The molecular formula is C12H15ClN2O4S. The number of nitrogens with one attached hydrogen (secondary N) is 2. The maximum absolute atomic E-state index is 11.9. The summed E-state index contributed by atoms with van der Waals surface area (Å²) in [5, 5.41) is 9.46. The number of phenolic OH excluding ortho intramolecular Hbond substituents is 1. The van der Waals surface area contributed by atoms with Crippen molar-refractivity contribution in [3.63, 3.8) is 0 Å². The second-order valence-corrected chi connectivity index (χ2v) is 6.78. The average molecular weight is 319 g/mol. The molecule has 0 radical (unpaired) electrons. The monoisotopic (exact) mass is 318 g/mol. The SMILES string of the molecule is O=C(NNS(=O)(=O)c1ccc(Cl)c(O)c1)C1CCCC1. The minimum atomic E-state index is -3.92. The number of hydrogen-bond acceptors (Lipinski definition) is 4. The Kier molecular flexibility index (Phi) is 4.52. The minimum Gasteiger partial charge on any atom is -0.506 e. The fraction of sp³-hybridized carbons (Fsp3) is 0.417. The molecule has 1 saturated carbocycles. The molecule has 0 aliphatic heterocycles. The first-order valence-electron chi connectivity index (χ1n) is 6.20. The molecule has 1 amide bonds. The van der Waals surface area contributed by atoms with Crippen LogP contribution >= 0.6 is 11.6 Å². The van der Waals surface area contributed by atoms with Gasteiger partial charge in [0.05, 0.1) is 9.92 Å². The van der Waals surface area contributed by atoms with Gasteiger partial charge in [-0.3, -0.25) is 10.2 Å². The highest BCUT2D eigenvalue weighted by Crippen LogP contribution is 2.26. The van der Waals surface area contributed by atoms with Crippen molar-refractivity contribution in [1.82, 2.24) is 10.3 Å². The van der Waals surface area contributed by atoms with Crippen molar-refractivity contribution in [1.29, 1.82) is 0 Å². The van der Waals surface area contributed by atoms with Crippen molar-refractivity contribution in [2.75, 3.05) is 0 Å². The Labute approximate surface area is 122 Å². The van der Waals surface area contributed by atoms with Gasteiger partial charge < -0.3 is 5.11 Å². The molecule has 8 heteroatoms. The van der Waals surface area contributed by atoms with Gasteiger partial charge >= 0.3 is 0 Å². The zero-order valence-electron chi connectivity index (χ0n) is 10.6. The van der Waals surface area contributed by atoms with Crippen LogP contribution < -0.4 is 10.3 Å². The third kappa shape index (κ3) is 3.41. The van der Waals surface area contributed by atoms with Crippen molar-refractivity contribution in [3.05, 3.63) is 23.2 Å². The lowest BCUT2D eigenvalue weighted by molar-refractivity contribution is -0.125. The molecule has 1 fully saturated rings. The molecule has 20 heavy (non-hydrogen) atoms. The largest absolute Gasteiger partial charge is 0.506 e. The van der Waals surface area contributed by atoms with Crippen LogP contribution in [-0.4, -0.2) is 19.4 Å². The summed E-state index contributed by atoms with van der Waals surface area (Å²) in [4.78, 5) is 13.6. The highest BCUT2D eigenvalue weighted by atomic mass is 35.5. The van der Waals surface area contributed by atoms with Crippen molar-refractivity contribution in [2.45, 2.75) is 30.6 Å². The number of carbonyl (C=O) groups excluding carboxylic acids is 1. The van der Waals surface area contributed by atoms with E-state index in [1.165, 1.54) is 12.1 Å². The van der Waals surface area contributed by atoms with Crippen LogP contribution in [0.1, 0.15) is 25.7 Å². The van der Waals surface area contributed by atoms with E-state index in [4.69, 9.17) is 11.6 Å². The average Bonchev–Trinajstić information content (AvgIpc) is 2.93. The molecule has 1 aliphatic rings. The Bertz CT molecular complexity index is 612. The van der Waals surface area contributed by atoms with Crippen LogP contribution in [0.5, 0.6) is 5.75 Å². The van der Waals surface area contributed by atoms with E-state index < -0.39 is 10.0 Å². The number of hydrogen-bond donors (Lipinski definition) is 3. The molecule has 1 aromatic rings. The van der Waals surface area contributed by atoms with E-state index in [1.807, 2.05) is 4.83 Å². The fourth-order valence-electron chi connectivity index (χ4n) is 2.13. The van der Waals surface area contributed by atoms with Crippen LogP contribution in [0.25, 0.3) is 0 Å². The van der Waals surface area contributed by atoms with Crippen LogP contribution in [-0.2, 0) is 14.8 Å². The van der Waals surface area contributed by atoms with Crippen LogP contribution in [0.4, 0.5) is 0 Å². The molecular weight excluding hydrogens is 304 g/mol. The second-order valence-electron chi connectivity index (χ2n) is 4.69. The molecule has 2 rings (SSSR count). The maximum Gasteiger partial charge on any atom is 0.257 e. The number of rotatable bonds is 4. The lowest BCUT2D eigenvalue weighted by Gasteiger charge is -2.12. The Morgan fingerprint density at radius 2 is 1.95 bits per heavy atom. The van der Waals surface area contributed by atoms with Crippen LogP contribution in [0.2, 0.25) is 5.02 Å². The summed E-state index contributed by atoms with van der Waals surface area (Å²) in [7, 11) is -3.92. The highest BCUT2D eigenvalue weighted by Gasteiger charge is 2.24. The lowest BCUT2D eigenvalue weighted by atomic mass is 10.1. The second kappa shape index (κ2) is 5.99. The first-order chi connectivity index (χ1) is 9.40. The van der Waals surface area contributed by atoms with Crippen molar-refractivity contribution < 1.29 is 18.3 Å². The number of halogens is 1. The summed E-state index contributed by atoms with van der Waals surface area (Å²) in [5.74, 6) is -0.808. The van der Waals surface area contributed by atoms with E-state index in [0.29, 0.717) is 0 Å². The van der Waals surface area contributed by atoms with E-state index in [2.05, 4.69) is 5.43 Å². The normalized spacial score (nSPS) is 16.2. The summed E-state index contributed by atoms with van der Waals surface area (Å²) < 4.78 is 23.9. The topological polar surface area (TPSA) is 95.5 Å². The van der Waals surface area contributed by atoms with Gasteiger partial charge in [0.15, 0.2) is 0 Å². The zero-order valence-corrected chi connectivity index (χ0v) is 12.2. The van der Waals surface area contributed by atoms with Gasteiger partial charge in [-0.15, -0.1) is 4.83 Å². The Morgan fingerprint density at radius 3 is 2.55 bits per heavy atom. The molecule has 0 saturated heterocycles. The number of sulfonamides is 1. The summed E-state index contributed by atoms with van der Waals surface area (Å²) in [6, 6.07) is 3.53. The molecule has 0 bridgehead atoms. The molecule has 1 aliphatic carbocycles. The fourth-order valence-corrected chi connectivity index (χ4v) is 3.11. The standard InChI is InChI=1S/C12H15ClN2O4S/c13-10-6-5-9(7-11(10)16)20(18,19)15-14-12(17)8-3-1-2-4-8/h5-8,15-16H,1-4H2,(H,14,17). The third-order valence-corrected chi connectivity index (χ3v) is 4.83. The van der Waals surface area contributed by atoms with Crippen molar-refractivity contribution in [2.24, 2.45) is 5.92 Å². The van der Waals surface area contributed by atoms with Gasteiger partial charge in [0.1, 0.15) is 5.75 Å². The summed E-state index contributed by atoms with van der Waals surface area (Å²) in [6.45, 7) is 0. The van der Waals surface area contributed by atoms with Gasteiger partial charge in [-0.05, 0) is 25.0 Å². The minimum absolute atomic E-state index is 0.0546. The molecule has 0 spiro atoms. The van der Waals surface area contributed by atoms with Crippen LogP contribution in [0.15, 0.2) is 23.1 Å². The number of amides is 1. The smallest absolute Gasteiger partial charge is 0.257 e. The predicted molar refractivity (Wildman–Crippen MR) is 73.5 cm³/mol. The first-order valence-corrected chi connectivity index (χ1v) is 8.06. The van der Waals surface area contributed by atoms with E-state index in [0.717, 1.165) is 31.7 Å². The summed E-state index contributed by atoms with van der Waals surface area (Å²) in [6.07, 6.45) is 3.51. The van der Waals surface area contributed by atoms with Gasteiger partial charge in [-0.2, -0.15) is 0 Å². The van der Waals surface area contributed by atoms with Crippen LogP contribution in [0, 0.1) is 5.92 Å². The molecule has 0 aromatic heterocycles. The third-order valence-electron chi connectivity index (χ3n) is 3.26. The Morgan fingerprint density at radius 1 is 1.30 bits per heavy atom. The lowest BCUT2D eigenvalue weighted by Crippen LogP contribution is -2.43. The molecule has 0 unspecified atom stereocenters. The number of carbonyl (C=O) groups is 1. The van der Waals surface area contributed by atoms with E-state index in [1.54, 1.807) is 0 Å². The van der Waals surface area contributed by atoms with Crippen molar-refractivity contribution >= 4 is 27.5 Å². The molecule has 110 valence electrons. The maximum atomic E-state index is 11.9. The highest BCUT2D eigenvalue weighted by molar-refractivity contribution is 7.89. The Hall–Kier alpha value is -1.31. The molecule has 6 nitrogen and oxygen atoms in total. The van der Waals surface area contributed by atoms with Crippen molar-refractivity contribution in [3.8, 4) is 5.75 Å². The summed E-state index contributed by atoms with van der Waals surface area (Å²) in [5.41, 5.74) is 2.21. The summed E-state index contributed by atoms with van der Waals surface area (Å²) >= 11 is 5.61. The molecule has 1 aromatic carbocycles. The first kappa shape index (κ1) is 15.1. The number of phenols is 1. The van der Waals surface area contributed by atoms with Crippen LogP contribution in [0.3, 0.4) is 0 Å². The predicted octanol–water partition coefficient (Wildman–Crippen LogP) is 1.55. The number of benzene rings is 1. The molecule has 0 atom stereocenters. The van der Waals surface area contributed by atoms with Gasteiger partial charge in [0, 0.05) is 12.0 Å². The number of aromatic hydroxyl groups is 1. The zero-order chi connectivity index (χ0) is 14.8. The van der Waals surface area contributed by atoms with Gasteiger partial charge in [-0.25, -0.2) is 8.42 Å². The van der Waals surface area contributed by atoms with Gasteiger partial charge in [-0.1, -0.05) is 24.4 Å². The Balaban J connectivity index is 2.03. The molecule has 0 heterocycles. The van der Waals surface area contributed by atoms with Gasteiger partial charge in [0.2, 0.25) is 5.91 Å². The van der Waals surface area contributed by atoms with Gasteiger partial charge in [0.25, 0.3) is 10.0 Å².